The fourth-order valence-electron chi connectivity index (χ4n) is 2.16. The van der Waals surface area contributed by atoms with Crippen molar-refractivity contribution < 1.29 is 4.79 Å². The van der Waals surface area contributed by atoms with Gasteiger partial charge in [0.05, 0.1) is 6.04 Å². The van der Waals surface area contributed by atoms with E-state index in [1.54, 1.807) is 0 Å². The van der Waals surface area contributed by atoms with Gasteiger partial charge in [0.25, 0.3) is 0 Å². The zero-order valence-corrected chi connectivity index (χ0v) is 12.8. The molecule has 0 radical (unpaired) electrons. The van der Waals surface area contributed by atoms with Gasteiger partial charge in [-0.05, 0) is 20.4 Å². The number of likely N-dealkylation sites (N-methyl/N-ethyl adjacent to an activating group) is 1. The molecular formula is C16H33NO. The van der Waals surface area contributed by atoms with Gasteiger partial charge in [-0.15, -0.1) is 0 Å². The molecule has 0 aromatic carbocycles. The largest absolute Gasteiger partial charge is 0.311 e. The zero-order chi connectivity index (χ0) is 13.6. The predicted octanol–water partition coefficient (Wildman–Crippen LogP) is 4.47. The number of hydrogen-bond donors (Lipinski definition) is 1. The van der Waals surface area contributed by atoms with Gasteiger partial charge in [-0.2, -0.15) is 0 Å². The summed E-state index contributed by atoms with van der Waals surface area (Å²) < 4.78 is 0. The first-order valence-electron chi connectivity index (χ1n) is 7.92. The lowest BCUT2D eigenvalue weighted by molar-refractivity contribution is -0.120. The Morgan fingerprint density at radius 2 is 1.33 bits per heavy atom. The molecule has 1 atom stereocenters. The van der Waals surface area contributed by atoms with E-state index in [-0.39, 0.29) is 6.04 Å². The van der Waals surface area contributed by atoms with Gasteiger partial charge in [0.15, 0.2) is 0 Å². The summed E-state index contributed by atoms with van der Waals surface area (Å²) in [6.45, 7) is 4.20. The van der Waals surface area contributed by atoms with Crippen molar-refractivity contribution in [1.29, 1.82) is 0 Å². The zero-order valence-electron chi connectivity index (χ0n) is 12.8. The summed E-state index contributed by atoms with van der Waals surface area (Å²) in [5, 5.41) is 3.00. The first-order valence-corrected chi connectivity index (χ1v) is 7.92. The van der Waals surface area contributed by atoms with Gasteiger partial charge >= 0.3 is 0 Å². The van der Waals surface area contributed by atoms with Crippen LogP contribution in [0.3, 0.4) is 0 Å². The minimum absolute atomic E-state index is 0.0311. The molecule has 0 heterocycles. The quantitative estimate of drug-likeness (QED) is 0.492. The summed E-state index contributed by atoms with van der Waals surface area (Å²) in [6.07, 6.45) is 14.0. The van der Waals surface area contributed by atoms with E-state index in [0.717, 1.165) is 12.8 Å². The third kappa shape index (κ3) is 10.8. The molecule has 2 nitrogen and oxygen atoms in total. The number of rotatable bonds is 13. The molecule has 2 heteroatoms. The Bertz CT molecular complexity index is 192. The maximum Gasteiger partial charge on any atom is 0.149 e. The smallest absolute Gasteiger partial charge is 0.149 e. The highest BCUT2D eigenvalue weighted by Crippen LogP contribution is 2.11. The van der Waals surface area contributed by atoms with Crippen molar-refractivity contribution in [2.24, 2.45) is 0 Å². The Hall–Kier alpha value is -0.370. The highest BCUT2D eigenvalue weighted by Gasteiger charge is 2.08. The molecule has 0 rings (SSSR count). The molecule has 0 aromatic heterocycles. The summed E-state index contributed by atoms with van der Waals surface area (Å²) >= 11 is 0. The summed E-state index contributed by atoms with van der Waals surface area (Å²) in [6, 6.07) is 0.0311. The van der Waals surface area contributed by atoms with Crippen LogP contribution < -0.4 is 5.32 Å². The molecule has 0 bridgehead atoms. The van der Waals surface area contributed by atoms with Crippen molar-refractivity contribution in [3.8, 4) is 0 Å². The SMILES string of the molecule is CCCCCCCCCCCCC(=O)C(C)NC. The van der Waals surface area contributed by atoms with Crippen LogP contribution in [-0.2, 0) is 4.79 Å². The van der Waals surface area contributed by atoms with Crippen molar-refractivity contribution >= 4 is 5.78 Å². The molecule has 108 valence electrons. The lowest BCUT2D eigenvalue weighted by Crippen LogP contribution is -2.30. The second-order valence-corrected chi connectivity index (χ2v) is 5.41. The van der Waals surface area contributed by atoms with E-state index < -0.39 is 0 Å². The lowest BCUT2D eigenvalue weighted by atomic mass is 10.0. The molecule has 0 saturated carbocycles. The molecule has 0 aliphatic rings. The standard InChI is InChI=1S/C16H33NO/c1-4-5-6-7-8-9-10-11-12-13-14-16(18)15(2)17-3/h15,17H,4-14H2,1-3H3. The highest BCUT2D eigenvalue weighted by molar-refractivity contribution is 5.83. The van der Waals surface area contributed by atoms with Crippen LogP contribution in [0, 0.1) is 0 Å². The van der Waals surface area contributed by atoms with E-state index in [4.69, 9.17) is 0 Å². The molecule has 0 fully saturated rings. The molecule has 0 aliphatic carbocycles. The van der Waals surface area contributed by atoms with E-state index in [1.165, 1.54) is 57.8 Å². The number of Topliss-reactive ketones (excluding diaryl/α,β-unsaturated/α-hetero) is 1. The number of carbonyl (C=O) groups is 1. The molecule has 0 amide bonds. The fraction of sp³-hybridized carbons (Fsp3) is 0.938. The molecule has 1 N–H and O–H groups in total. The second-order valence-electron chi connectivity index (χ2n) is 5.41. The van der Waals surface area contributed by atoms with Crippen LogP contribution in [-0.4, -0.2) is 18.9 Å². The van der Waals surface area contributed by atoms with E-state index in [2.05, 4.69) is 12.2 Å². The van der Waals surface area contributed by atoms with Crippen molar-refractivity contribution in [2.75, 3.05) is 7.05 Å². The van der Waals surface area contributed by atoms with Gasteiger partial charge in [-0.25, -0.2) is 0 Å². The maximum atomic E-state index is 11.5. The number of unbranched alkanes of at least 4 members (excludes halogenated alkanes) is 9. The van der Waals surface area contributed by atoms with Crippen molar-refractivity contribution in [3.05, 3.63) is 0 Å². The van der Waals surface area contributed by atoms with Crippen LogP contribution in [0.15, 0.2) is 0 Å². The minimum atomic E-state index is 0.0311. The van der Waals surface area contributed by atoms with Crippen LogP contribution in [0.5, 0.6) is 0 Å². The molecule has 0 spiro atoms. The van der Waals surface area contributed by atoms with Gasteiger partial charge in [-0.1, -0.05) is 64.7 Å². The van der Waals surface area contributed by atoms with Crippen molar-refractivity contribution in [2.45, 2.75) is 90.5 Å². The fourth-order valence-corrected chi connectivity index (χ4v) is 2.16. The van der Waals surface area contributed by atoms with Crippen molar-refractivity contribution in [1.82, 2.24) is 5.32 Å². The van der Waals surface area contributed by atoms with Crippen LogP contribution in [0.4, 0.5) is 0 Å². The molecule has 0 aliphatic heterocycles. The number of hydrogen-bond acceptors (Lipinski definition) is 2. The summed E-state index contributed by atoms with van der Waals surface area (Å²) in [7, 11) is 1.85. The lowest BCUT2D eigenvalue weighted by Gasteiger charge is -2.08. The third-order valence-corrected chi connectivity index (χ3v) is 3.69. The highest BCUT2D eigenvalue weighted by atomic mass is 16.1. The van der Waals surface area contributed by atoms with Crippen molar-refractivity contribution in [3.63, 3.8) is 0 Å². The second kappa shape index (κ2) is 13.1. The van der Waals surface area contributed by atoms with Crippen LogP contribution in [0.2, 0.25) is 0 Å². The van der Waals surface area contributed by atoms with Crippen LogP contribution >= 0.6 is 0 Å². The Morgan fingerprint density at radius 1 is 0.889 bits per heavy atom. The van der Waals surface area contributed by atoms with Gasteiger partial charge in [0, 0.05) is 6.42 Å². The minimum Gasteiger partial charge on any atom is -0.311 e. The Balaban J connectivity index is 3.14. The predicted molar refractivity (Wildman–Crippen MR) is 80.0 cm³/mol. The van der Waals surface area contributed by atoms with Gasteiger partial charge < -0.3 is 5.32 Å². The summed E-state index contributed by atoms with van der Waals surface area (Å²) in [5.41, 5.74) is 0. The van der Waals surface area contributed by atoms with Gasteiger partial charge in [0.2, 0.25) is 0 Å². The number of nitrogens with one attached hydrogen (secondary N) is 1. The molecular weight excluding hydrogens is 222 g/mol. The maximum absolute atomic E-state index is 11.5. The summed E-state index contributed by atoms with van der Waals surface area (Å²) in [4.78, 5) is 11.5. The first kappa shape index (κ1) is 17.6. The first-order chi connectivity index (χ1) is 8.72. The van der Waals surface area contributed by atoms with Crippen LogP contribution in [0.25, 0.3) is 0 Å². The average Bonchev–Trinajstić information content (AvgIpc) is 2.39. The number of ketones is 1. The molecule has 18 heavy (non-hydrogen) atoms. The monoisotopic (exact) mass is 255 g/mol. The molecule has 0 aromatic rings. The number of carbonyl (C=O) groups excluding carboxylic acids is 1. The van der Waals surface area contributed by atoms with Crippen LogP contribution in [0.1, 0.15) is 84.5 Å². The van der Waals surface area contributed by atoms with E-state index in [0.29, 0.717) is 5.78 Å². The van der Waals surface area contributed by atoms with Gasteiger partial charge in [0.1, 0.15) is 5.78 Å². The average molecular weight is 255 g/mol. The van der Waals surface area contributed by atoms with E-state index in [9.17, 15) is 4.79 Å². The Kier molecular flexibility index (Phi) is 12.8. The summed E-state index contributed by atoms with van der Waals surface area (Å²) in [5.74, 6) is 0.358. The van der Waals surface area contributed by atoms with Gasteiger partial charge in [-0.3, -0.25) is 4.79 Å². The van der Waals surface area contributed by atoms with E-state index in [1.807, 2.05) is 14.0 Å². The third-order valence-electron chi connectivity index (χ3n) is 3.69. The molecule has 0 saturated heterocycles. The normalized spacial score (nSPS) is 12.6. The molecule has 1 unspecified atom stereocenters. The van der Waals surface area contributed by atoms with E-state index >= 15 is 0 Å². The Morgan fingerprint density at radius 3 is 1.78 bits per heavy atom. The topological polar surface area (TPSA) is 29.1 Å². The Labute approximate surface area is 114 Å².